The summed E-state index contributed by atoms with van der Waals surface area (Å²) in [5.74, 6) is 0. The Kier molecular flexibility index (Phi) is 5.10. The molecule has 0 aliphatic carbocycles. The number of hydrogen-bond donors (Lipinski definition) is 1. The van der Waals surface area contributed by atoms with Crippen LogP contribution in [0, 0.1) is 5.41 Å². The SMILES string of the molecule is CNCCC(C)(C)Cc1ccc(Cl)c(Cl)c1. The van der Waals surface area contributed by atoms with E-state index in [1.165, 1.54) is 5.56 Å². The van der Waals surface area contributed by atoms with Crippen molar-refractivity contribution in [2.75, 3.05) is 13.6 Å². The van der Waals surface area contributed by atoms with Crippen molar-refractivity contribution in [3.63, 3.8) is 0 Å². The van der Waals surface area contributed by atoms with Crippen molar-refractivity contribution < 1.29 is 0 Å². The lowest BCUT2D eigenvalue weighted by Crippen LogP contribution is -2.21. The summed E-state index contributed by atoms with van der Waals surface area (Å²) in [6, 6.07) is 5.88. The number of nitrogens with one attached hydrogen (secondary N) is 1. The topological polar surface area (TPSA) is 12.0 Å². The Morgan fingerprint density at radius 1 is 1.19 bits per heavy atom. The molecule has 0 saturated heterocycles. The molecule has 0 heterocycles. The zero-order chi connectivity index (χ0) is 12.2. The Labute approximate surface area is 108 Å². The molecule has 0 aliphatic rings. The lowest BCUT2D eigenvalue weighted by Gasteiger charge is -2.24. The van der Waals surface area contributed by atoms with E-state index in [1.807, 2.05) is 19.2 Å². The molecular formula is C13H19Cl2N. The molecule has 1 nitrogen and oxygen atoms in total. The zero-order valence-corrected chi connectivity index (χ0v) is 11.6. The number of halogens is 2. The number of rotatable bonds is 5. The van der Waals surface area contributed by atoms with Gasteiger partial charge in [0.25, 0.3) is 0 Å². The molecule has 0 amide bonds. The van der Waals surface area contributed by atoms with Crippen molar-refractivity contribution in [3.8, 4) is 0 Å². The van der Waals surface area contributed by atoms with Crippen molar-refractivity contribution in [1.29, 1.82) is 0 Å². The van der Waals surface area contributed by atoms with Gasteiger partial charge in [-0.15, -0.1) is 0 Å². The Morgan fingerprint density at radius 3 is 2.44 bits per heavy atom. The molecule has 16 heavy (non-hydrogen) atoms. The minimum absolute atomic E-state index is 0.278. The van der Waals surface area contributed by atoms with Gasteiger partial charge in [-0.3, -0.25) is 0 Å². The molecule has 1 aromatic rings. The van der Waals surface area contributed by atoms with E-state index in [1.54, 1.807) is 0 Å². The van der Waals surface area contributed by atoms with E-state index < -0.39 is 0 Å². The summed E-state index contributed by atoms with van der Waals surface area (Å²) in [7, 11) is 1.98. The van der Waals surface area contributed by atoms with Crippen molar-refractivity contribution in [1.82, 2.24) is 5.32 Å². The third-order valence-electron chi connectivity index (χ3n) is 2.72. The van der Waals surface area contributed by atoms with Crippen molar-refractivity contribution in [2.24, 2.45) is 5.41 Å². The molecule has 1 N–H and O–H groups in total. The molecule has 1 rings (SSSR count). The maximum Gasteiger partial charge on any atom is 0.0595 e. The van der Waals surface area contributed by atoms with Crippen LogP contribution < -0.4 is 5.32 Å². The summed E-state index contributed by atoms with van der Waals surface area (Å²) in [5.41, 5.74) is 1.52. The van der Waals surface area contributed by atoms with Crippen LogP contribution in [0.25, 0.3) is 0 Å². The number of benzene rings is 1. The van der Waals surface area contributed by atoms with Gasteiger partial charge in [0, 0.05) is 0 Å². The highest BCUT2D eigenvalue weighted by Gasteiger charge is 2.18. The molecule has 0 aliphatic heterocycles. The predicted molar refractivity (Wildman–Crippen MR) is 72.5 cm³/mol. The van der Waals surface area contributed by atoms with Crippen LogP contribution in [0.4, 0.5) is 0 Å². The van der Waals surface area contributed by atoms with Gasteiger partial charge in [-0.25, -0.2) is 0 Å². The van der Waals surface area contributed by atoms with Crippen LogP contribution in [0.1, 0.15) is 25.8 Å². The summed E-state index contributed by atoms with van der Waals surface area (Å²) < 4.78 is 0. The minimum atomic E-state index is 0.278. The normalized spacial score (nSPS) is 11.8. The fourth-order valence-corrected chi connectivity index (χ4v) is 2.07. The van der Waals surface area contributed by atoms with Gasteiger partial charge >= 0.3 is 0 Å². The van der Waals surface area contributed by atoms with E-state index in [9.17, 15) is 0 Å². The van der Waals surface area contributed by atoms with Gasteiger partial charge in [0.2, 0.25) is 0 Å². The van der Waals surface area contributed by atoms with Crippen LogP contribution in [-0.4, -0.2) is 13.6 Å². The second-order valence-corrected chi connectivity index (χ2v) is 5.76. The Morgan fingerprint density at radius 2 is 1.88 bits per heavy atom. The molecule has 0 radical (unpaired) electrons. The van der Waals surface area contributed by atoms with Crippen molar-refractivity contribution >= 4 is 23.2 Å². The molecule has 0 saturated carbocycles. The van der Waals surface area contributed by atoms with Crippen LogP contribution in [0.3, 0.4) is 0 Å². The van der Waals surface area contributed by atoms with E-state index >= 15 is 0 Å². The van der Waals surface area contributed by atoms with Gasteiger partial charge in [0.1, 0.15) is 0 Å². The monoisotopic (exact) mass is 259 g/mol. The summed E-state index contributed by atoms with van der Waals surface area (Å²) in [6.45, 7) is 5.58. The minimum Gasteiger partial charge on any atom is -0.320 e. The Bertz CT molecular complexity index is 348. The molecule has 0 atom stereocenters. The van der Waals surface area contributed by atoms with Gasteiger partial charge in [0.15, 0.2) is 0 Å². The molecule has 90 valence electrons. The van der Waals surface area contributed by atoms with Gasteiger partial charge in [-0.2, -0.15) is 0 Å². The lowest BCUT2D eigenvalue weighted by molar-refractivity contribution is 0.329. The first-order chi connectivity index (χ1) is 7.44. The van der Waals surface area contributed by atoms with Crippen LogP contribution >= 0.6 is 23.2 Å². The first-order valence-electron chi connectivity index (χ1n) is 5.53. The second-order valence-electron chi connectivity index (χ2n) is 4.94. The smallest absolute Gasteiger partial charge is 0.0595 e. The average molecular weight is 260 g/mol. The van der Waals surface area contributed by atoms with Gasteiger partial charge in [-0.05, 0) is 49.5 Å². The molecule has 0 spiro atoms. The van der Waals surface area contributed by atoms with E-state index in [-0.39, 0.29) is 5.41 Å². The molecule has 0 bridgehead atoms. The summed E-state index contributed by atoms with van der Waals surface area (Å²) in [5, 5.41) is 4.45. The molecule has 1 aromatic carbocycles. The first kappa shape index (κ1) is 13.8. The highest BCUT2D eigenvalue weighted by molar-refractivity contribution is 6.42. The van der Waals surface area contributed by atoms with E-state index in [4.69, 9.17) is 23.2 Å². The fraction of sp³-hybridized carbons (Fsp3) is 0.538. The fourth-order valence-electron chi connectivity index (χ4n) is 1.75. The quantitative estimate of drug-likeness (QED) is 0.837. The van der Waals surface area contributed by atoms with Crippen LogP contribution in [-0.2, 0) is 6.42 Å². The summed E-state index contributed by atoms with van der Waals surface area (Å²) >= 11 is 11.9. The Hall–Kier alpha value is -0.240. The second kappa shape index (κ2) is 5.90. The summed E-state index contributed by atoms with van der Waals surface area (Å²) in [4.78, 5) is 0. The molecule has 0 fully saturated rings. The third-order valence-corrected chi connectivity index (χ3v) is 3.46. The van der Waals surface area contributed by atoms with Gasteiger partial charge < -0.3 is 5.32 Å². The standard InChI is InChI=1S/C13H19Cl2N/c1-13(2,6-7-16-3)9-10-4-5-11(14)12(15)8-10/h4-5,8,16H,6-7,9H2,1-3H3. The van der Waals surface area contributed by atoms with Crippen LogP contribution in [0.2, 0.25) is 10.0 Å². The highest BCUT2D eigenvalue weighted by Crippen LogP contribution is 2.29. The maximum absolute atomic E-state index is 6.00. The first-order valence-corrected chi connectivity index (χ1v) is 6.29. The van der Waals surface area contributed by atoms with Crippen molar-refractivity contribution in [3.05, 3.63) is 33.8 Å². The van der Waals surface area contributed by atoms with Crippen LogP contribution in [0.15, 0.2) is 18.2 Å². The molecule has 3 heteroatoms. The maximum atomic E-state index is 6.00. The van der Waals surface area contributed by atoms with Gasteiger partial charge in [-0.1, -0.05) is 43.1 Å². The van der Waals surface area contributed by atoms with Crippen molar-refractivity contribution in [2.45, 2.75) is 26.7 Å². The molecular weight excluding hydrogens is 241 g/mol. The third kappa shape index (κ3) is 4.32. The predicted octanol–water partition coefficient (Wildman–Crippen LogP) is 4.17. The van der Waals surface area contributed by atoms with Crippen LogP contribution in [0.5, 0.6) is 0 Å². The largest absolute Gasteiger partial charge is 0.320 e. The Balaban J connectivity index is 2.68. The van der Waals surface area contributed by atoms with Gasteiger partial charge in [0.05, 0.1) is 10.0 Å². The van der Waals surface area contributed by atoms with E-state index in [0.717, 1.165) is 19.4 Å². The van der Waals surface area contributed by atoms with E-state index in [2.05, 4.69) is 25.2 Å². The average Bonchev–Trinajstić information content (AvgIpc) is 2.20. The zero-order valence-electron chi connectivity index (χ0n) is 10.1. The highest BCUT2D eigenvalue weighted by atomic mass is 35.5. The lowest BCUT2D eigenvalue weighted by atomic mass is 9.83. The summed E-state index contributed by atoms with van der Waals surface area (Å²) in [6.07, 6.45) is 2.16. The number of hydrogen-bond acceptors (Lipinski definition) is 1. The van der Waals surface area contributed by atoms with E-state index in [0.29, 0.717) is 10.0 Å². The molecule has 0 aromatic heterocycles. The molecule has 0 unspecified atom stereocenters.